The highest BCUT2D eigenvalue weighted by atomic mass is 16.4. The van der Waals surface area contributed by atoms with Crippen LogP contribution in [-0.2, 0) is 6.42 Å². The zero-order valence-corrected chi connectivity index (χ0v) is 9.64. The summed E-state index contributed by atoms with van der Waals surface area (Å²) in [5.74, 6) is -0.260. The molecule has 0 saturated heterocycles. The Labute approximate surface area is 98.1 Å². The van der Waals surface area contributed by atoms with Crippen LogP contribution in [0.2, 0.25) is 0 Å². The second-order valence-corrected chi connectivity index (χ2v) is 4.18. The first-order valence-electron chi connectivity index (χ1n) is 5.34. The lowest BCUT2D eigenvalue weighted by molar-refractivity contribution is 0.0661. The Morgan fingerprint density at radius 1 is 1.53 bits per heavy atom. The van der Waals surface area contributed by atoms with E-state index < -0.39 is 5.97 Å². The second-order valence-electron chi connectivity index (χ2n) is 4.18. The SMILES string of the molecule is CC(C)Cc1nc(-c2ccco2)oc1C(=O)O. The molecule has 17 heavy (non-hydrogen) atoms. The third kappa shape index (κ3) is 2.38. The molecule has 1 N–H and O–H groups in total. The largest absolute Gasteiger partial charge is 0.475 e. The molecule has 0 amide bonds. The molecule has 0 unspecified atom stereocenters. The minimum Gasteiger partial charge on any atom is -0.475 e. The van der Waals surface area contributed by atoms with Crippen molar-refractivity contribution in [3.05, 3.63) is 29.9 Å². The molecule has 0 radical (unpaired) electrons. The smallest absolute Gasteiger partial charge is 0.373 e. The fourth-order valence-corrected chi connectivity index (χ4v) is 1.55. The van der Waals surface area contributed by atoms with Gasteiger partial charge >= 0.3 is 5.97 Å². The van der Waals surface area contributed by atoms with E-state index in [0.717, 1.165) is 0 Å². The van der Waals surface area contributed by atoms with Gasteiger partial charge < -0.3 is 13.9 Å². The van der Waals surface area contributed by atoms with Crippen molar-refractivity contribution in [2.45, 2.75) is 20.3 Å². The summed E-state index contributed by atoms with van der Waals surface area (Å²) in [5.41, 5.74) is 0.457. The molecule has 2 rings (SSSR count). The van der Waals surface area contributed by atoms with E-state index in [1.807, 2.05) is 13.8 Å². The molecule has 0 aromatic carbocycles. The Kier molecular flexibility index (Phi) is 2.99. The highest BCUT2D eigenvalue weighted by Crippen LogP contribution is 2.24. The monoisotopic (exact) mass is 235 g/mol. The maximum absolute atomic E-state index is 11.0. The van der Waals surface area contributed by atoms with Crippen molar-refractivity contribution in [3.8, 4) is 11.7 Å². The van der Waals surface area contributed by atoms with Gasteiger partial charge in [-0.3, -0.25) is 0 Å². The normalized spacial score (nSPS) is 11.0. The van der Waals surface area contributed by atoms with Crippen molar-refractivity contribution in [3.63, 3.8) is 0 Å². The van der Waals surface area contributed by atoms with Crippen molar-refractivity contribution in [1.82, 2.24) is 4.98 Å². The molecule has 0 aliphatic heterocycles. The number of carboxylic acid groups (broad SMARTS) is 1. The Balaban J connectivity index is 2.41. The van der Waals surface area contributed by atoms with Crippen LogP contribution in [0.5, 0.6) is 0 Å². The second kappa shape index (κ2) is 4.45. The summed E-state index contributed by atoms with van der Waals surface area (Å²) in [7, 11) is 0. The summed E-state index contributed by atoms with van der Waals surface area (Å²) in [6.45, 7) is 3.99. The third-order valence-corrected chi connectivity index (χ3v) is 2.23. The Bertz CT molecular complexity index is 511. The number of furan rings is 1. The van der Waals surface area contributed by atoms with Crippen LogP contribution >= 0.6 is 0 Å². The summed E-state index contributed by atoms with van der Waals surface area (Å²) in [5, 5.41) is 9.03. The van der Waals surface area contributed by atoms with Crippen LogP contribution in [0.1, 0.15) is 30.1 Å². The zero-order chi connectivity index (χ0) is 12.4. The van der Waals surface area contributed by atoms with Gasteiger partial charge in [-0.1, -0.05) is 13.8 Å². The standard InChI is InChI=1S/C12H13NO4/c1-7(2)6-8-10(12(14)15)17-11(13-8)9-4-3-5-16-9/h3-5,7H,6H2,1-2H3,(H,14,15). The van der Waals surface area contributed by atoms with Crippen molar-refractivity contribution in [1.29, 1.82) is 0 Å². The van der Waals surface area contributed by atoms with E-state index in [0.29, 0.717) is 23.8 Å². The van der Waals surface area contributed by atoms with Gasteiger partial charge in [0.2, 0.25) is 5.76 Å². The summed E-state index contributed by atoms with van der Waals surface area (Å²) in [4.78, 5) is 15.2. The number of aromatic nitrogens is 1. The average molecular weight is 235 g/mol. The maximum Gasteiger partial charge on any atom is 0.373 e. The molecular weight excluding hydrogens is 222 g/mol. The number of carboxylic acids is 1. The lowest BCUT2D eigenvalue weighted by Crippen LogP contribution is -2.03. The topological polar surface area (TPSA) is 76.5 Å². The fourth-order valence-electron chi connectivity index (χ4n) is 1.55. The minimum absolute atomic E-state index is 0.106. The van der Waals surface area contributed by atoms with E-state index >= 15 is 0 Å². The summed E-state index contributed by atoms with van der Waals surface area (Å²) < 4.78 is 10.3. The Morgan fingerprint density at radius 2 is 2.29 bits per heavy atom. The van der Waals surface area contributed by atoms with Crippen LogP contribution in [0.4, 0.5) is 0 Å². The van der Waals surface area contributed by atoms with E-state index in [9.17, 15) is 4.79 Å². The van der Waals surface area contributed by atoms with Crippen LogP contribution in [0.15, 0.2) is 27.2 Å². The number of rotatable bonds is 4. The van der Waals surface area contributed by atoms with Crippen molar-refractivity contribution in [2.75, 3.05) is 0 Å². The van der Waals surface area contributed by atoms with Gasteiger partial charge in [0.1, 0.15) is 0 Å². The third-order valence-electron chi connectivity index (χ3n) is 2.23. The maximum atomic E-state index is 11.0. The van der Waals surface area contributed by atoms with Crippen LogP contribution in [0.25, 0.3) is 11.7 Å². The van der Waals surface area contributed by atoms with Gasteiger partial charge in [0.15, 0.2) is 5.76 Å². The van der Waals surface area contributed by atoms with Crippen molar-refractivity contribution < 1.29 is 18.7 Å². The van der Waals surface area contributed by atoms with E-state index in [2.05, 4.69) is 4.98 Å². The van der Waals surface area contributed by atoms with Gasteiger partial charge in [-0.15, -0.1) is 0 Å². The lowest BCUT2D eigenvalue weighted by Gasteiger charge is -1.99. The van der Waals surface area contributed by atoms with Crippen molar-refractivity contribution >= 4 is 5.97 Å². The first-order chi connectivity index (χ1) is 8.08. The van der Waals surface area contributed by atoms with E-state index in [-0.39, 0.29) is 11.7 Å². The number of oxazole rings is 1. The molecule has 0 bridgehead atoms. The molecule has 2 heterocycles. The Hall–Kier alpha value is -2.04. The molecule has 0 aliphatic carbocycles. The molecule has 0 spiro atoms. The number of nitrogens with zero attached hydrogens (tertiary/aromatic N) is 1. The predicted octanol–water partition coefficient (Wildman–Crippen LogP) is 2.83. The number of hydrogen-bond acceptors (Lipinski definition) is 4. The molecule has 2 aromatic heterocycles. The Morgan fingerprint density at radius 3 is 2.82 bits per heavy atom. The fraction of sp³-hybridized carbons (Fsp3) is 0.333. The molecule has 5 heteroatoms. The predicted molar refractivity (Wildman–Crippen MR) is 59.7 cm³/mol. The summed E-state index contributed by atoms with van der Waals surface area (Å²) in [6.07, 6.45) is 2.05. The van der Waals surface area contributed by atoms with Gasteiger partial charge in [0.05, 0.1) is 12.0 Å². The van der Waals surface area contributed by atoms with Crippen LogP contribution in [0.3, 0.4) is 0 Å². The van der Waals surface area contributed by atoms with Crippen LogP contribution in [0, 0.1) is 5.92 Å². The number of hydrogen-bond donors (Lipinski definition) is 1. The highest BCUT2D eigenvalue weighted by molar-refractivity contribution is 5.86. The molecule has 0 fully saturated rings. The zero-order valence-electron chi connectivity index (χ0n) is 9.64. The average Bonchev–Trinajstić information content (AvgIpc) is 2.82. The molecule has 0 atom stereocenters. The molecule has 2 aromatic rings. The lowest BCUT2D eigenvalue weighted by atomic mass is 10.1. The van der Waals surface area contributed by atoms with Gasteiger partial charge in [0.25, 0.3) is 5.89 Å². The van der Waals surface area contributed by atoms with Gasteiger partial charge in [0, 0.05) is 0 Å². The van der Waals surface area contributed by atoms with Crippen molar-refractivity contribution in [2.24, 2.45) is 5.92 Å². The number of aromatic carboxylic acids is 1. The van der Waals surface area contributed by atoms with E-state index in [1.54, 1.807) is 12.1 Å². The molecule has 0 saturated carbocycles. The van der Waals surface area contributed by atoms with E-state index in [1.165, 1.54) is 6.26 Å². The van der Waals surface area contributed by atoms with Gasteiger partial charge in [-0.25, -0.2) is 9.78 Å². The first-order valence-corrected chi connectivity index (χ1v) is 5.34. The highest BCUT2D eigenvalue weighted by Gasteiger charge is 2.21. The molecular formula is C12H13NO4. The van der Waals surface area contributed by atoms with E-state index in [4.69, 9.17) is 13.9 Å². The molecule has 0 aliphatic rings. The first kappa shape index (κ1) is 11.4. The number of carbonyl (C=O) groups is 1. The van der Waals surface area contributed by atoms with Crippen LogP contribution in [-0.4, -0.2) is 16.1 Å². The quantitative estimate of drug-likeness (QED) is 0.881. The van der Waals surface area contributed by atoms with Gasteiger partial charge in [-0.05, 0) is 24.5 Å². The molecule has 90 valence electrons. The summed E-state index contributed by atoms with van der Waals surface area (Å²) >= 11 is 0. The molecule has 5 nitrogen and oxygen atoms in total. The van der Waals surface area contributed by atoms with Crippen LogP contribution < -0.4 is 0 Å². The van der Waals surface area contributed by atoms with Gasteiger partial charge in [-0.2, -0.15) is 0 Å². The summed E-state index contributed by atoms with van der Waals surface area (Å²) in [6, 6.07) is 3.37. The minimum atomic E-state index is -1.11.